The number of rotatable bonds is 4. The molecule has 1 amide bonds. The number of benzene rings is 2. The van der Waals surface area contributed by atoms with E-state index in [4.69, 9.17) is 9.40 Å². The van der Waals surface area contributed by atoms with Crippen LogP contribution < -0.4 is 4.90 Å². The van der Waals surface area contributed by atoms with E-state index in [1.54, 1.807) is 0 Å². The molecule has 1 aliphatic rings. The Hall–Kier alpha value is -3.17. The van der Waals surface area contributed by atoms with E-state index in [2.05, 4.69) is 25.1 Å². The van der Waals surface area contributed by atoms with Crippen molar-refractivity contribution in [3.8, 4) is 17.2 Å². The third-order valence-corrected chi connectivity index (χ3v) is 6.56. The van der Waals surface area contributed by atoms with Crippen molar-refractivity contribution in [2.75, 3.05) is 25.5 Å². The maximum absolute atomic E-state index is 13.6. The largest absolute Gasteiger partial charge is 0.438 e. The first kappa shape index (κ1) is 23.0. The van der Waals surface area contributed by atoms with Crippen molar-refractivity contribution >= 4 is 22.7 Å². The molecule has 1 aliphatic heterocycles. The van der Waals surface area contributed by atoms with Gasteiger partial charge in [0.15, 0.2) is 5.58 Å². The molecule has 2 aromatic carbocycles. The van der Waals surface area contributed by atoms with E-state index in [1.807, 2.05) is 63.7 Å². The van der Waals surface area contributed by atoms with Crippen LogP contribution in [0.2, 0.25) is 0 Å². The number of aryl methyl sites for hydroxylation is 1. The second-order valence-corrected chi connectivity index (χ2v) is 10.1. The van der Waals surface area contributed by atoms with Crippen LogP contribution in [-0.4, -0.2) is 42.5 Å². The molecule has 1 aromatic heterocycles. The molecular weight excluding hydrogens is 412 g/mol. The molecule has 33 heavy (non-hydrogen) atoms. The fourth-order valence-corrected chi connectivity index (χ4v) is 4.73. The highest BCUT2D eigenvalue weighted by molar-refractivity contribution is 6.11. The normalized spacial score (nSPS) is 16.8. The topological polar surface area (TPSA) is 73.4 Å². The lowest BCUT2D eigenvalue weighted by molar-refractivity contribution is -0.120. The molecule has 172 valence electrons. The molecule has 1 atom stereocenters. The molecule has 0 N–H and O–H groups in total. The highest BCUT2D eigenvalue weighted by atomic mass is 16.4. The number of fused-ring (bicyclic) bond motifs is 1. The molecule has 0 aliphatic carbocycles. The third-order valence-electron chi connectivity index (χ3n) is 6.56. The van der Waals surface area contributed by atoms with Crippen LogP contribution in [-0.2, 0) is 16.6 Å². The highest BCUT2D eigenvalue weighted by Gasteiger charge is 2.39. The predicted molar refractivity (Wildman–Crippen MR) is 131 cm³/mol. The molecule has 4 rings (SSSR count). The lowest BCUT2D eigenvalue weighted by Gasteiger charge is -2.25. The smallest absolute Gasteiger partial charge is 0.244 e. The van der Waals surface area contributed by atoms with Crippen molar-refractivity contribution < 1.29 is 9.21 Å². The number of carbonyl (C=O) groups excluding carboxylic acids is 1. The zero-order chi connectivity index (χ0) is 24.1. The quantitative estimate of drug-likeness (QED) is 0.553. The molecule has 2 heterocycles. The Kier molecular flexibility index (Phi) is 5.79. The van der Waals surface area contributed by atoms with E-state index in [-0.39, 0.29) is 17.4 Å². The Morgan fingerprint density at radius 1 is 1.27 bits per heavy atom. The number of nitriles is 1. The first-order chi connectivity index (χ1) is 15.6. The third kappa shape index (κ3) is 3.71. The van der Waals surface area contributed by atoms with Crippen molar-refractivity contribution in [3.63, 3.8) is 0 Å². The van der Waals surface area contributed by atoms with Gasteiger partial charge in [-0.1, -0.05) is 52.0 Å². The lowest BCUT2D eigenvalue weighted by atomic mass is 9.89. The Labute approximate surface area is 195 Å². The number of hydrogen-bond donors (Lipinski definition) is 0. The van der Waals surface area contributed by atoms with Gasteiger partial charge in [-0.15, -0.1) is 0 Å². The number of anilines is 1. The van der Waals surface area contributed by atoms with Crippen molar-refractivity contribution in [2.24, 2.45) is 0 Å². The van der Waals surface area contributed by atoms with Gasteiger partial charge in [-0.05, 0) is 50.6 Å². The van der Waals surface area contributed by atoms with Gasteiger partial charge in [0.25, 0.3) is 0 Å². The first-order valence-corrected chi connectivity index (χ1v) is 11.5. The van der Waals surface area contributed by atoms with E-state index in [1.165, 1.54) is 0 Å². The summed E-state index contributed by atoms with van der Waals surface area (Å²) in [6.45, 7) is 10.8. The van der Waals surface area contributed by atoms with Gasteiger partial charge in [-0.3, -0.25) is 9.69 Å². The van der Waals surface area contributed by atoms with Crippen LogP contribution in [0.3, 0.4) is 0 Å². The molecule has 0 saturated carbocycles. The fourth-order valence-electron chi connectivity index (χ4n) is 4.73. The Morgan fingerprint density at radius 3 is 2.55 bits per heavy atom. The summed E-state index contributed by atoms with van der Waals surface area (Å²) < 4.78 is 6.38. The van der Waals surface area contributed by atoms with E-state index in [0.717, 1.165) is 40.8 Å². The average molecular weight is 445 g/mol. The molecule has 0 spiro atoms. The lowest BCUT2D eigenvalue weighted by Crippen LogP contribution is -2.37. The van der Waals surface area contributed by atoms with Gasteiger partial charge in [0.2, 0.25) is 11.8 Å². The van der Waals surface area contributed by atoms with Crippen molar-refractivity contribution in [3.05, 3.63) is 46.8 Å². The van der Waals surface area contributed by atoms with Gasteiger partial charge in [-0.25, -0.2) is 4.98 Å². The van der Waals surface area contributed by atoms with E-state index >= 15 is 0 Å². The van der Waals surface area contributed by atoms with Gasteiger partial charge < -0.3 is 9.32 Å². The molecule has 6 nitrogen and oxygen atoms in total. The van der Waals surface area contributed by atoms with E-state index in [0.29, 0.717) is 29.1 Å². The van der Waals surface area contributed by atoms with Crippen LogP contribution in [0.5, 0.6) is 0 Å². The summed E-state index contributed by atoms with van der Waals surface area (Å²) in [7, 11) is 3.87. The van der Waals surface area contributed by atoms with Crippen LogP contribution >= 0.6 is 0 Å². The van der Waals surface area contributed by atoms with Gasteiger partial charge in [0, 0.05) is 17.5 Å². The number of likely N-dealkylation sites (N-methyl/N-ethyl adjacent to an activating group) is 1. The molecule has 1 saturated heterocycles. The zero-order valence-corrected chi connectivity index (χ0v) is 20.6. The van der Waals surface area contributed by atoms with Gasteiger partial charge >= 0.3 is 0 Å². The maximum atomic E-state index is 13.6. The molecule has 6 heteroatoms. The monoisotopic (exact) mass is 444 g/mol. The predicted octanol–water partition coefficient (Wildman–Crippen LogP) is 5.20. The van der Waals surface area contributed by atoms with Gasteiger partial charge in [-0.2, -0.15) is 5.26 Å². The van der Waals surface area contributed by atoms with Crippen molar-refractivity contribution in [1.29, 1.82) is 5.26 Å². The van der Waals surface area contributed by atoms with E-state index < -0.39 is 0 Å². The second-order valence-electron chi connectivity index (χ2n) is 10.1. The van der Waals surface area contributed by atoms with Gasteiger partial charge in [0.05, 0.1) is 17.3 Å². The van der Waals surface area contributed by atoms with Crippen LogP contribution in [0, 0.1) is 18.3 Å². The van der Waals surface area contributed by atoms with Crippen LogP contribution in [0.25, 0.3) is 22.2 Å². The summed E-state index contributed by atoms with van der Waals surface area (Å²) in [5.41, 5.74) is 5.88. The number of nitrogens with zero attached hydrogens (tertiary/aromatic N) is 4. The second kappa shape index (κ2) is 8.31. The highest BCUT2D eigenvalue weighted by Crippen LogP contribution is 2.46. The molecular formula is C27H32N4O2. The molecule has 1 fully saturated rings. The minimum atomic E-state index is -0.334. The summed E-state index contributed by atoms with van der Waals surface area (Å²) in [4.78, 5) is 22.1. The maximum Gasteiger partial charge on any atom is 0.244 e. The van der Waals surface area contributed by atoms with Crippen LogP contribution in [0.4, 0.5) is 5.69 Å². The number of hydrogen-bond acceptors (Lipinski definition) is 5. The fraction of sp³-hybridized carbons (Fsp3) is 0.444. The SMILES string of the molecule is CCc1ccccc1-c1c(C)c(C#N)c2nc(C(C)(C)C)oc2c1N1CC[C@H](N(C)C)C1=O. The molecule has 3 aromatic rings. The standard InChI is InChI=1S/C27H32N4O2/c1-8-17-11-9-10-12-18(17)21-16(2)19(15-28)22-24(33-26(29-22)27(3,4)5)23(21)31-14-13-20(25(31)32)30(6)7/h9-12,20H,8,13-14H2,1-7H3/t20-/m0/s1. The van der Waals surface area contributed by atoms with Crippen molar-refractivity contribution in [1.82, 2.24) is 9.88 Å². The molecule has 0 unspecified atom stereocenters. The minimum absolute atomic E-state index is 0.0503. The Morgan fingerprint density at radius 2 is 1.97 bits per heavy atom. The van der Waals surface area contributed by atoms with Gasteiger partial charge in [0.1, 0.15) is 11.6 Å². The number of aromatic nitrogens is 1. The molecule has 0 radical (unpaired) electrons. The van der Waals surface area contributed by atoms with E-state index in [9.17, 15) is 10.1 Å². The zero-order valence-electron chi connectivity index (χ0n) is 20.6. The minimum Gasteiger partial charge on any atom is -0.438 e. The first-order valence-electron chi connectivity index (χ1n) is 11.5. The number of amides is 1. The number of carbonyl (C=O) groups is 1. The Balaban J connectivity index is 2.14. The average Bonchev–Trinajstić information content (AvgIpc) is 3.37. The van der Waals surface area contributed by atoms with Crippen LogP contribution in [0.15, 0.2) is 28.7 Å². The van der Waals surface area contributed by atoms with Crippen molar-refractivity contribution in [2.45, 2.75) is 58.9 Å². The summed E-state index contributed by atoms with van der Waals surface area (Å²) in [6, 6.07) is 10.4. The van der Waals surface area contributed by atoms with Crippen LogP contribution in [0.1, 0.15) is 56.7 Å². The summed E-state index contributed by atoms with van der Waals surface area (Å²) in [6.07, 6.45) is 1.58. The Bertz CT molecular complexity index is 1270. The summed E-state index contributed by atoms with van der Waals surface area (Å²) in [5, 5.41) is 10.1. The number of oxazole rings is 1. The molecule has 0 bridgehead atoms. The summed E-state index contributed by atoms with van der Waals surface area (Å²) >= 11 is 0. The summed E-state index contributed by atoms with van der Waals surface area (Å²) in [5.74, 6) is 0.612.